The van der Waals surface area contributed by atoms with Crippen LogP contribution in [0.15, 0.2) is 0 Å². The number of nitrogens with zero attached hydrogens (tertiary/aromatic N) is 1. The van der Waals surface area contributed by atoms with Gasteiger partial charge in [0.2, 0.25) is 0 Å². The second-order valence-electron chi connectivity index (χ2n) is 4.90. The van der Waals surface area contributed by atoms with Gasteiger partial charge in [0.25, 0.3) is 0 Å². The molecule has 1 saturated heterocycles. The molecule has 1 aliphatic heterocycles. The van der Waals surface area contributed by atoms with Crippen molar-refractivity contribution in [2.24, 2.45) is 17.8 Å². The zero-order chi connectivity index (χ0) is 10.3. The van der Waals surface area contributed by atoms with Crippen LogP contribution in [0, 0.1) is 17.8 Å². The van der Waals surface area contributed by atoms with Gasteiger partial charge in [-0.05, 0) is 32.2 Å². The fourth-order valence-corrected chi connectivity index (χ4v) is 3.98. The van der Waals surface area contributed by atoms with E-state index in [-0.39, 0.29) is 0 Å². The predicted octanol–water partition coefficient (Wildman–Crippen LogP) is 1.98. The summed E-state index contributed by atoms with van der Waals surface area (Å²) < 4.78 is 5.34. The maximum Gasteiger partial charge on any atom is 0.0516 e. The zero-order valence-electron chi connectivity index (χ0n) is 9.24. The lowest BCUT2D eigenvalue weighted by Crippen LogP contribution is -2.40. The molecule has 0 bridgehead atoms. The number of rotatable bonds is 2. The van der Waals surface area contributed by atoms with Gasteiger partial charge in [0.1, 0.15) is 0 Å². The molecule has 1 saturated carbocycles. The van der Waals surface area contributed by atoms with Crippen LogP contribution in [0.25, 0.3) is 0 Å². The van der Waals surface area contributed by atoms with Crippen LogP contribution in [-0.4, -0.2) is 43.1 Å². The third-order valence-electron chi connectivity index (χ3n) is 3.99. The number of likely N-dealkylation sites (tertiary alicyclic amines) is 1. The quantitative estimate of drug-likeness (QED) is 0.706. The molecular formula is C11H20BrNO. The molecule has 0 aromatic rings. The number of methoxy groups -OCH3 is 1. The minimum atomic E-state index is 0.632. The third-order valence-corrected chi connectivity index (χ3v) is 5.35. The Labute approximate surface area is 95.1 Å². The van der Waals surface area contributed by atoms with Crippen molar-refractivity contribution in [1.82, 2.24) is 4.90 Å². The number of hydrogen-bond donors (Lipinski definition) is 0. The highest BCUT2D eigenvalue weighted by atomic mass is 79.9. The van der Waals surface area contributed by atoms with E-state index in [1.165, 1.54) is 13.0 Å². The Hall–Kier alpha value is 0.400. The van der Waals surface area contributed by atoms with Crippen molar-refractivity contribution < 1.29 is 4.74 Å². The molecule has 3 heteroatoms. The molecule has 1 heterocycles. The third kappa shape index (κ3) is 1.86. The first kappa shape index (κ1) is 10.9. The van der Waals surface area contributed by atoms with Crippen LogP contribution in [0.3, 0.4) is 0 Å². The van der Waals surface area contributed by atoms with Crippen LogP contribution >= 0.6 is 15.9 Å². The van der Waals surface area contributed by atoms with E-state index < -0.39 is 0 Å². The molecule has 2 rings (SSSR count). The molecule has 0 amide bonds. The largest absolute Gasteiger partial charge is 0.384 e. The van der Waals surface area contributed by atoms with Crippen LogP contribution < -0.4 is 0 Å². The number of fused-ring (bicyclic) bond motifs is 1. The fourth-order valence-electron chi connectivity index (χ4n) is 2.74. The summed E-state index contributed by atoms with van der Waals surface area (Å²) >= 11 is 3.87. The highest BCUT2D eigenvalue weighted by molar-refractivity contribution is 9.09. The lowest BCUT2D eigenvalue weighted by Gasteiger charge is -2.32. The Bertz CT molecular complexity index is 207. The molecule has 0 spiro atoms. The summed E-state index contributed by atoms with van der Waals surface area (Å²) in [5.74, 6) is 2.48. The number of halogens is 1. The van der Waals surface area contributed by atoms with Crippen molar-refractivity contribution in [2.45, 2.75) is 24.2 Å². The van der Waals surface area contributed by atoms with E-state index in [0.717, 1.165) is 18.4 Å². The van der Waals surface area contributed by atoms with Gasteiger partial charge in [0.05, 0.1) is 6.61 Å². The van der Waals surface area contributed by atoms with Gasteiger partial charge >= 0.3 is 0 Å². The van der Waals surface area contributed by atoms with Crippen molar-refractivity contribution >= 4 is 15.9 Å². The SMILES string of the molecule is COCC1C(Br)C2CC2CN(C)C1C. The van der Waals surface area contributed by atoms with Crippen LogP contribution in [-0.2, 0) is 4.74 Å². The van der Waals surface area contributed by atoms with E-state index >= 15 is 0 Å². The topological polar surface area (TPSA) is 12.5 Å². The summed E-state index contributed by atoms with van der Waals surface area (Å²) in [4.78, 5) is 3.16. The van der Waals surface area contributed by atoms with Gasteiger partial charge in [0, 0.05) is 30.4 Å². The van der Waals surface area contributed by atoms with E-state index in [9.17, 15) is 0 Å². The van der Waals surface area contributed by atoms with Gasteiger partial charge in [-0.15, -0.1) is 0 Å². The molecular weight excluding hydrogens is 242 g/mol. The summed E-state index contributed by atoms with van der Waals surface area (Å²) in [6, 6.07) is 0.632. The molecule has 0 N–H and O–H groups in total. The van der Waals surface area contributed by atoms with E-state index in [1.807, 2.05) is 7.11 Å². The van der Waals surface area contributed by atoms with Crippen LogP contribution in [0.2, 0.25) is 0 Å². The van der Waals surface area contributed by atoms with Gasteiger partial charge < -0.3 is 9.64 Å². The molecule has 0 radical (unpaired) electrons. The maximum absolute atomic E-state index is 5.34. The molecule has 0 aromatic carbocycles. The van der Waals surface area contributed by atoms with Gasteiger partial charge in [-0.2, -0.15) is 0 Å². The minimum absolute atomic E-state index is 0.632. The number of hydrogen-bond acceptors (Lipinski definition) is 2. The average Bonchev–Trinajstić information content (AvgIpc) is 2.90. The fraction of sp³-hybridized carbons (Fsp3) is 1.00. The summed E-state index contributed by atoms with van der Waals surface area (Å²) in [6.45, 7) is 4.47. The van der Waals surface area contributed by atoms with Crippen molar-refractivity contribution in [1.29, 1.82) is 0 Å². The second-order valence-corrected chi connectivity index (χ2v) is 5.96. The lowest BCUT2D eigenvalue weighted by atomic mass is 9.95. The molecule has 82 valence electrons. The molecule has 5 atom stereocenters. The van der Waals surface area contributed by atoms with Gasteiger partial charge in [-0.3, -0.25) is 0 Å². The van der Waals surface area contributed by atoms with Crippen LogP contribution in [0.1, 0.15) is 13.3 Å². The molecule has 1 aliphatic carbocycles. The summed E-state index contributed by atoms with van der Waals surface area (Å²) in [6.07, 6.45) is 1.41. The van der Waals surface area contributed by atoms with Crippen LogP contribution in [0.4, 0.5) is 0 Å². The Morgan fingerprint density at radius 2 is 2.21 bits per heavy atom. The Morgan fingerprint density at radius 1 is 1.50 bits per heavy atom. The van der Waals surface area contributed by atoms with Crippen molar-refractivity contribution in [3.63, 3.8) is 0 Å². The van der Waals surface area contributed by atoms with E-state index in [4.69, 9.17) is 4.74 Å². The van der Waals surface area contributed by atoms with Crippen LogP contribution in [0.5, 0.6) is 0 Å². The smallest absolute Gasteiger partial charge is 0.0516 e. The molecule has 0 aromatic heterocycles. The maximum atomic E-state index is 5.34. The Balaban J connectivity index is 2.08. The monoisotopic (exact) mass is 261 g/mol. The molecule has 5 unspecified atom stereocenters. The van der Waals surface area contributed by atoms with Crippen molar-refractivity contribution in [3.05, 3.63) is 0 Å². The highest BCUT2D eigenvalue weighted by Crippen LogP contribution is 2.50. The zero-order valence-corrected chi connectivity index (χ0v) is 10.8. The Morgan fingerprint density at radius 3 is 2.86 bits per heavy atom. The first-order valence-corrected chi connectivity index (χ1v) is 6.40. The first-order chi connectivity index (χ1) is 6.65. The second kappa shape index (κ2) is 4.11. The highest BCUT2D eigenvalue weighted by Gasteiger charge is 2.49. The summed E-state index contributed by atoms with van der Waals surface area (Å²) in [7, 11) is 4.05. The van der Waals surface area contributed by atoms with E-state index in [0.29, 0.717) is 16.8 Å². The number of ether oxygens (including phenoxy) is 1. The predicted molar refractivity (Wildman–Crippen MR) is 61.8 cm³/mol. The van der Waals surface area contributed by atoms with Gasteiger partial charge in [-0.1, -0.05) is 15.9 Å². The van der Waals surface area contributed by atoms with Gasteiger partial charge in [0.15, 0.2) is 0 Å². The molecule has 2 nitrogen and oxygen atoms in total. The van der Waals surface area contributed by atoms with Gasteiger partial charge in [-0.25, -0.2) is 0 Å². The Kier molecular flexibility index (Phi) is 3.20. The summed E-state index contributed by atoms with van der Waals surface area (Å²) in [5, 5.41) is 0. The van der Waals surface area contributed by atoms with Crippen molar-refractivity contribution in [2.75, 3.05) is 27.3 Å². The summed E-state index contributed by atoms with van der Waals surface area (Å²) in [5.41, 5.74) is 0. The van der Waals surface area contributed by atoms with E-state index in [2.05, 4.69) is 34.8 Å². The molecule has 2 fully saturated rings. The average molecular weight is 262 g/mol. The molecule has 2 aliphatic rings. The van der Waals surface area contributed by atoms with E-state index in [1.54, 1.807) is 0 Å². The normalized spacial score (nSPS) is 48.4. The van der Waals surface area contributed by atoms with Crippen molar-refractivity contribution in [3.8, 4) is 0 Å². The number of alkyl halides is 1. The standard InChI is InChI=1S/C11H20BrNO/c1-7-10(6-14-3)11(12)9-4-8(9)5-13(7)2/h7-11H,4-6H2,1-3H3. The minimum Gasteiger partial charge on any atom is -0.384 e. The lowest BCUT2D eigenvalue weighted by molar-refractivity contribution is 0.0983. The molecule has 14 heavy (non-hydrogen) atoms. The first-order valence-electron chi connectivity index (χ1n) is 5.48.